The Balaban J connectivity index is 1.79. The van der Waals surface area contributed by atoms with Crippen LogP contribution in [0.2, 0.25) is 0 Å². The van der Waals surface area contributed by atoms with Gasteiger partial charge >= 0.3 is 0 Å². The van der Waals surface area contributed by atoms with Crippen molar-refractivity contribution >= 4 is 10.0 Å². The fourth-order valence-corrected chi connectivity index (χ4v) is 4.88. The molecule has 1 aromatic heterocycles. The van der Waals surface area contributed by atoms with Crippen molar-refractivity contribution in [3.05, 3.63) is 11.4 Å². The predicted octanol–water partition coefficient (Wildman–Crippen LogP) is 1.04. The van der Waals surface area contributed by atoms with Gasteiger partial charge in [0.1, 0.15) is 4.90 Å². The number of rotatable bonds is 6. The molecule has 1 aliphatic heterocycles. The normalized spacial score (nSPS) is 20.3. The first-order valence-electron chi connectivity index (χ1n) is 7.77. The smallest absolute Gasteiger partial charge is 0.246 e. The van der Waals surface area contributed by atoms with Crippen LogP contribution in [0.5, 0.6) is 0 Å². The van der Waals surface area contributed by atoms with E-state index in [-0.39, 0.29) is 0 Å². The second kappa shape index (κ2) is 5.70. The summed E-state index contributed by atoms with van der Waals surface area (Å²) in [7, 11) is -3.38. The van der Waals surface area contributed by atoms with Gasteiger partial charge in [0.15, 0.2) is 0 Å². The van der Waals surface area contributed by atoms with Gasteiger partial charge in [-0.2, -0.15) is 9.40 Å². The zero-order chi connectivity index (χ0) is 15.0. The minimum atomic E-state index is -3.38. The van der Waals surface area contributed by atoms with Crippen molar-refractivity contribution in [2.45, 2.75) is 57.0 Å². The molecule has 1 aromatic rings. The van der Waals surface area contributed by atoms with Crippen molar-refractivity contribution in [3.8, 4) is 0 Å². The molecule has 6 nitrogen and oxygen atoms in total. The van der Waals surface area contributed by atoms with E-state index in [0.717, 1.165) is 31.6 Å². The Morgan fingerprint density at radius 3 is 2.52 bits per heavy atom. The Hall–Kier alpha value is -0.920. The molecule has 0 bridgehead atoms. The van der Waals surface area contributed by atoms with E-state index < -0.39 is 10.0 Å². The third kappa shape index (κ3) is 3.00. The summed E-state index contributed by atoms with van der Waals surface area (Å²) in [6, 6.07) is 0.662. The maximum atomic E-state index is 12.7. The van der Waals surface area contributed by atoms with Gasteiger partial charge in [-0.25, -0.2) is 8.42 Å². The Kier molecular flexibility index (Phi) is 4.07. The van der Waals surface area contributed by atoms with Crippen LogP contribution >= 0.6 is 0 Å². The van der Waals surface area contributed by atoms with E-state index in [2.05, 4.69) is 10.4 Å². The van der Waals surface area contributed by atoms with Gasteiger partial charge in [-0.15, -0.1) is 0 Å². The molecule has 0 radical (unpaired) electrons. The number of sulfonamides is 1. The third-order valence-corrected chi connectivity index (χ3v) is 6.46. The molecule has 0 spiro atoms. The van der Waals surface area contributed by atoms with Crippen LogP contribution in [0.1, 0.15) is 37.1 Å². The number of aryl methyl sites for hydroxylation is 1. The maximum Gasteiger partial charge on any atom is 0.246 e. The fraction of sp³-hybridized carbons (Fsp3) is 0.786. The van der Waals surface area contributed by atoms with Crippen LogP contribution < -0.4 is 5.32 Å². The molecule has 2 aliphatic rings. The SMILES string of the molecule is Cc1nn(CCNC2CC2)c(C)c1S(=O)(=O)N1CCCC1. The van der Waals surface area contributed by atoms with Crippen LogP contribution in [0.4, 0.5) is 0 Å². The first kappa shape index (κ1) is 15.0. The lowest BCUT2D eigenvalue weighted by Crippen LogP contribution is -2.29. The number of hydrogen-bond donors (Lipinski definition) is 1. The van der Waals surface area contributed by atoms with Crippen molar-refractivity contribution in [2.24, 2.45) is 0 Å². The number of nitrogens with zero attached hydrogens (tertiary/aromatic N) is 3. The van der Waals surface area contributed by atoms with Gasteiger partial charge in [0.2, 0.25) is 10.0 Å². The highest BCUT2D eigenvalue weighted by atomic mass is 32.2. The van der Waals surface area contributed by atoms with E-state index in [1.165, 1.54) is 12.8 Å². The topological polar surface area (TPSA) is 67.2 Å². The summed E-state index contributed by atoms with van der Waals surface area (Å²) in [5, 5.41) is 7.87. The highest BCUT2D eigenvalue weighted by molar-refractivity contribution is 7.89. The number of hydrogen-bond acceptors (Lipinski definition) is 4. The van der Waals surface area contributed by atoms with Crippen molar-refractivity contribution in [1.82, 2.24) is 19.4 Å². The highest BCUT2D eigenvalue weighted by Gasteiger charge is 2.32. The molecule has 3 rings (SSSR count). The summed E-state index contributed by atoms with van der Waals surface area (Å²) in [6.45, 7) is 6.49. The zero-order valence-electron chi connectivity index (χ0n) is 12.8. The van der Waals surface area contributed by atoms with Crippen molar-refractivity contribution in [2.75, 3.05) is 19.6 Å². The van der Waals surface area contributed by atoms with Crippen LogP contribution in [-0.2, 0) is 16.6 Å². The molecule has 0 unspecified atom stereocenters. The molecule has 1 saturated heterocycles. The van der Waals surface area contributed by atoms with Crippen LogP contribution in [0.25, 0.3) is 0 Å². The van der Waals surface area contributed by atoms with Gasteiger partial charge in [0.05, 0.1) is 17.9 Å². The molecule has 0 aromatic carbocycles. The fourth-order valence-electron chi connectivity index (χ4n) is 2.99. The predicted molar refractivity (Wildman–Crippen MR) is 80.7 cm³/mol. The lowest BCUT2D eigenvalue weighted by molar-refractivity contribution is 0.476. The largest absolute Gasteiger partial charge is 0.312 e. The Morgan fingerprint density at radius 1 is 1.24 bits per heavy atom. The summed E-state index contributed by atoms with van der Waals surface area (Å²) >= 11 is 0. The van der Waals surface area contributed by atoms with Gasteiger partial charge in [-0.3, -0.25) is 4.68 Å². The minimum absolute atomic E-state index is 0.413. The molecular formula is C14H24N4O2S. The molecule has 21 heavy (non-hydrogen) atoms. The van der Waals surface area contributed by atoms with Crippen LogP contribution in [0.3, 0.4) is 0 Å². The third-order valence-electron chi connectivity index (χ3n) is 4.31. The summed E-state index contributed by atoms with van der Waals surface area (Å²) in [5.74, 6) is 0. The second-order valence-corrected chi connectivity index (χ2v) is 7.94. The lowest BCUT2D eigenvalue weighted by Gasteiger charge is -2.15. The molecule has 1 aliphatic carbocycles. The molecule has 0 amide bonds. The van der Waals surface area contributed by atoms with E-state index >= 15 is 0 Å². The summed E-state index contributed by atoms with van der Waals surface area (Å²) in [5.41, 5.74) is 1.38. The average Bonchev–Trinajstić information content (AvgIpc) is 2.97. The van der Waals surface area contributed by atoms with E-state index in [0.29, 0.717) is 29.7 Å². The Bertz CT molecular complexity index is 613. The molecule has 0 atom stereocenters. The Morgan fingerprint density at radius 2 is 1.90 bits per heavy atom. The maximum absolute atomic E-state index is 12.7. The van der Waals surface area contributed by atoms with Crippen LogP contribution in [0, 0.1) is 13.8 Å². The average molecular weight is 312 g/mol. The van der Waals surface area contributed by atoms with E-state index in [1.807, 2.05) is 11.6 Å². The molecule has 2 fully saturated rings. The van der Waals surface area contributed by atoms with E-state index in [1.54, 1.807) is 11.2 Å². The molecule has 1 saturated carbocycles. The van der Waals surface area contributed by atoms with E-state index in [9.17, 15) is 8.42 Å². The summed E-state index contributed by atoms with van der Waals surface area (Å²) in [6.07, 6.45) is 4.42. The van der Waals surface area contributed by atoms with Crippen LogP contribution in [-0.4, -0.2) is 48.2 Å². The molecule has 118 valence electrons. The standard InChI is InChI=1S/C14H24N4O2S/c1-11-14(21(19,20)17-8-3-4-9-17)12(2)18(16-11)10-7-15-13-5-6-13/h13,15H,3-10H2,1-2H3. The molecule has 2 heterocycles. The van der Waals surface area contributed by atoms with Crippen molar-refractivity contribution in [1.29, 1.82) is 0 Å². The summed E-state index contributed by atoms with van der Waals surface area (Å²) < 4.78 is 28.9. The van der Waals surface area contributed by atoms with Gasteiger partial charge in [0.25, 0.3) is 0 Å². The molecule has 7 heteroatoms. The summed E-state index contributed by atoms with van der Waals surface area (Å²) in [4.78, 5) is 0.413. The van der Waals surface area contributed by atoms with Gasteiger partial charge in [0, 0.05) is 25.7 Å². The minimum Gasteiger partial charge on any atom is -0.312 e. The quantitative estimate of drug-likeness (QED) is 0.852. The lowest BCUT2D eigenvalue weighted by atomic mass is 10.4. The highest BCUT2D eigenvalue weighted by Crippen LogP contribution is 2.26. The first-order valence-corrected chi connectivity index (χ1v) is 9.21. The van der Waals surface area contributed by atoms with E-state index in [4.69, 9.17) is 0 Å². The monoisotopic (exact) mass is 312 g/mol. The van der Waals surface area contributed by atoms with Gasteiger partial charge in [-0.1, -0.05) is 0 Å². The Labute approximate surface area is 126 Å². The van der Waals surface area contributed by atoms with Crippen molar-refractivity contribution < 1.29 is 8.42 Å². The van der Waals surface area contributed by atoms with Gasteiger partial charge in [-0.05, 0) is 39.5 Å². The van der Waals surface area contributed by atoms with Crippen LogP contribution in [0.15, 0.2) is 4.90 Å². The zero-order valence-corrected chi connectivity index (χ0v) is 13.6. The van der Waals surface area contributed by atoms with Crippen molar-refractivity contribution in [3.63, 3.8) is 0 Å². The molecular weight excluding hydrogens is 288 g/mol. The number of nitrogens with one attached hydrogen (secondary N) is 1. The second-order valence-electron chi connectivity index (χ2n) is 6.06. The first-order chi connectivity index (χ1) is 10.00. The number of aromatic nitrogens is 2. The van der Waals surface area contributed by atoms with Gasteiger partial charge < -0.3 is 5.32 Å². The molecule has 1 N–H and O–H groups in total.